The average molecular weight is 457 g/mol. The van der Waals surface area contributed by atoms with Gasteiger partial charge in [0.15, 0.2) is 5.78 Å². The first-order chi connectivity index (χ1) is 15.1. The second-order valence-corrected chi connectivity index (χ2v) is 10.2. The molecule has 2 unspecified atom stereocenters. The Kier molecular flexibility index (Phi) is 7.38. The van der Waals surface area contributed by atoms with Crippen molar-refractivity contribution in [1.82, 2.24) is 10.6 Å². The van der Waals surface area contributed by atoms with Crippen molar-refractivity contribution < 1.29 is 24.6 Å². The highest BCUT2D eigenvalue weighted by Gasteiger charge is 2.49. The Labute approximate surface area is 191 Å². The van der Waals surface area contributed by atoms with Gasteiger partial charge >= 0.3 is 5.97 Å². The molecule has 2 aromatic carbocycles. The number of carboxylic acid groups (broad SMARTS) is 1. The van der Waals surface area contributed by atoms with Gasteiger partial charge in [-0.3, -0.25) is 19.7 Å². The number of ketones is 1. The van der Waals surface area contributed by atoms with Gasteiger partial charge in [0.05, 0.1) is 6.04 Å². The van der Waals surface area contributed by atoms with Crippen molar-refractivity contribution in [3.8, 4) is 0 Å². The molecule has 2 aromatic rings. The quantitative estimate of drug-likeness (QED) is 0.481. The van der Waals surface area contributed by atoms with E-state index in [4.69, 9.17) is 0 Å². The monoisotopic (exact) mass is 456 g/mol. The fourth-order valence-corrected chi connectivity index (χ4v) is 5.18. The number of nitrogens with one attached hydrogen (secondary N) is 2. The van der Waals surface area contributed by atoms with E-state index in [0.717, 1.165) is 11.1 Å². The third-order valence-electron chi connectivity index (χ3n) is 5.62. The summed E-state index contributed by atoms with van der Waals surface area (Å²) in [6.07, 6.45) is -1.27. The number of hydrogen-bond donors (Lipinski definition) is 4. The SMILES string of the molecule is Cc1ccccc1C(=O)N[C@@H](Cc1ccccc1)[C@H](O)C(=O)C1NC(C(=O)O)C(C)(C)S1. The van der Waals surface area contributed by atoms with Crippen LogP contribution in [-0.4, -0.2) is 56.2 Å². The van der Waals surface area contributed by atoms with Gasteiger partial charge in [-0.1, -0.05) is 48.5 Å². The van der Waals surface area contributed by atoms with E-state index in [0.29, 0.717) is 5.56 Å². The van der Waals surface area contributed by atoms with Gasteiger partial charge in [-0.05, 0) is 44.4 Å². The van der Waals surface area contributed by atoms with E-state index in [1.54, 1.807) is 26.0 Å². The van der Waals surface area contributed by atoms with Crippen LogP contribution in [-0.2, 0) is 16.0 Å². The number of aliphatic carboxylic acids is 1. The van der Waals surface area contributed by atoms with Crippen LogP contribution in [0.4, 0.5) is 0 Å². The van der Waals surface area contributed by atoms with Crippen LogP contribution >= 0.6 is 11.8 Å². The number of Topliss-reactive ketones (excluding diaryl/α,β-unsaturated/α-hetero) is 1. The van der Waals surface area contributed by atoms with Crippen molar-refractivity contribution >= 4 is 29.4 Å². The van der Waals surface area contributed by atoms with Crippen LogP contribution in [0.1, 0.15) is 35.3 Å². The van der Waals surface area contributed by atoms with E-state index in [1.165, 1.54) is 11.8 Å². The van der Waals surface area contributed by atoms with Crippen molar-refractivity contribution in [2.45, 2.75) is 55.5 Å². The van der Waals surface area contributed by atoms with Crippen LogP contribution in [0.3, 0.4) is 0 Å². The number of carbonyl (C=O) groups excluding carboxylic acids is 2. The molecule has 7 nitrogen and oxygen atoms in total. The number of hydrogen-bond acceptors (Lipinski definition) is 6. The Bertz CT molecular complexity index is 995. The van der Waals surface area contributed by atoms with Gasteiger partial charge < -0.3 is 15.5 Å². The maximum atomic E-state index is 13.1. The van der Waals surface area contributed by atoms with Gasteiger partial charge in [-0.15, -0.1) is 11.8 Å². The van der Waals surface area contributed by atoms with Crippen LogP contribution in [0.2, 0.25) is 0 Å². The molecule has 4 atom stereocenters. The Morgan fingerprint density at radius 2 is 1.72 bits per heavy atom. The Morgan fingerprint density at radius 3 is 2.31 bits per heavy atom. The number of carboxylic acids is 1. The van der Waals surface area contributed by atoms with Crippen LogP contribution in [0.25, 0.3) is 0 Å². The summed E-state index contributed by atoms with van der Waals surface area (Å²) in [6, 6.07) is 14.5. The largest absolute Gasteiger partial charge is 0.480 e. The van der Waals surface area contributed by atoms with Crippen molar-refractivity contribution in [3.05, 3.63) is 71.3 Å². The molecule has 8 heteroatoms. The smallest absolute Gasteiger partial charge is 0.322 e. The zero-order valence-electron chi connectivity index (χ0n) is 18.2. The summed E-state index contributed by atoms with van der Waals surface area (Å²) < 4.78 is -0.731. The third kappa shape index (κ3) is 5.38. The van der Waals surface area contributed by atoms with Crippen LogP contribution in [0.15, 0.2) is 54.6 Å². The number of aliphatic hydroxyl groups is 1. The molecule has 0 bridgehead atoms. The molecule has 1 amide bonds. The van der Waals surface area contributed by atoms with Crippen molar-refractivity contribution in [1.29, 1.82) is 0 Å². The molecule has 0 saturated carbocycles. The number of aryl methyl sites for hydroxylation is 1. The molecule has 32 heavy (non-hydrogen) atoms. The molecule has 1 fully saturated rings. The maximum absolute atomic E-state index is 13.1. The molecule has 1 heterocycles. The number of rotatable bonds is 8. The lowest BCUT2D eigenvalue weighted by Crippen LogP contribution is -2.53. The van der Waals surface area contributed by atoms with E-state index >= 15 is 0 Å². The fourth-order valence-electron chi connectivity index (χ4n) is 3.80. The zero-order valence-corrected chi connectivity index (χ0v) is 19.1. The normalized spacial score (nSPS) is 21.5. The fraction of sp³-hybridized carbons (Fsp3) is 0.375. The number of amides is 1. The summed E-state index contributed by atoms with van der Waals surface area (Å²) >= 11 is 1.17. The average Bonchev–Trinajstić information content (AvgIpc) is 3.08. The molecular weight excluding hydrogens is 428 g/mol. The topological polar surface area (TPSA) is 116 Å². The highest BCUT2D eigenvalue weighted by atomic mass is 32.2. The van der Waals surface area contributed by atoms with Crippen molar-refractivity contribution in [3.63, 3.8) is 0 Å². The van der Waals surface area contributed by atoms with Gasteiger partial charge in [0.25, 0.3) is 5.91 Å². The molecule has 170 valence electrons. The minimum Gasteiger partial charge on any atom is -0.480 e. The molecule has 1 aliphatic heterocycles. The standard InChI is InChI=1S/C24H28N2O5S/c1-14-9-7-8-12-16(14)21(29)25-17(13-15-10-5-4-6-11-15)18(27)19(28)22-26-20(23(30)31)24(2,3)32-22/h4-12,17-18,20,22,26-27H,13H2,1-3H3,(H,25,29)(H,30,31)/t17-,18-,20?,22?/m0/s1. The number of thioether (sulfide) groups is 1. The summed E-state index contributed by atoms with van der Waals surface area (Å²) in [4.78, 5) is 37.6. The van der Waals surface area contributed by atoms with Gasteiger partial charge in [0.2, 0.25) is 0 Å². The highest BCUT2D eigenvalue weighted by Crippen LogP contribution is 2.38. The first-order valence-corrected chi connectivity index (χ1v) is 11.3. The van der Waals surface area contributed by atoms with E-state index in [2.05, 4.69) is 10.6 Å². The van der Waals surface area contributed by atoms with Gasteiger partial charge in [0, 0.05) is 10.3 Å². The lowest BCUT2D eigenvalue weighted by Gasteiger charge is -2.26. The second kappa shape index (κ2) is 9.85. The van der Waals surface area contributed by atoms with Crippen LogP contribution < -0.4 is 10.6 Å². The Balaban J connectivity index is 1.82. The third-order valence-corrected chi connectivity index (χ3v) is 7.06. The molecule has 0 aliphatic carbocycles. The predicted octanol–water partition coefficient (Wildman–Crippen LogP) is 2.16. The molecule has 0 radical (unpaired) electrons. The molecular formula is C24H28N2O5S. The predicted molar refractivity (Wildman–Crippen MR) is 124 cm³/mol. The van der Waals surface area contributed by atoms with Crippen LogP contribution in [0.5, 0.6) is 0 Å². The molecule has 0 spiro atoms. The number of aliphatic hydroxyl groups excluding tert-OH is 1. The van der Waals surface area contributed by atoms with E-state index in [1.807, 2.05) is 49.4 Å². The lowest BCUT2D eigenvalue weighted by molar-refractivity contribution is -0.140. The second-order valence-electron chi connectivity index (χ2n) is 8.47. The number of benzene rings is 2. The van der Waals surface area contributed by atoms with Crippen molar-refractivity contribution in [2.24, 2.45) is 0 Å². The summed E-state index contributed by atoms with van der Waals surface area (Å²) in [5.74, 6) is -1.99. The minimum absolute atomic E-state index is 0.245. The molecule has 1 aliphatic rings. The maximum Gasteiger partial charge on any atom is 0.322 e. The summed E-state index contributed by atoms with van der Waals surface area (Å²) in [6.45, 7) is 5.30. The van der Waals surface area contributed by atoms with Crippen molar-refractivity contribution in [2.75, 3.05) is 0 Å². The van der Waals surface area contributed by atoms with Gasteiger partial charge in [-0.25, -0.2) is 0 Å². The molecule has 0 aromatic heterocycles. The van der Waals surface area contributed by atoms with E-state index < -0.39 is 40.1 Å². The molecule has 1 saturated heterocycles. The lowest BCUT2D eigenvalue weighted by atomic mass is 9.97. The minimum atomic E-state index is -1.52. The Hall–Kier alpha value is -2.68. The highest BCUT2D eigenvalue weighted by molar-refractivity contribution is 8.02. The summed E-state index contributed by atoms with van der Waals surface area (Å²) in [5.41, 5.74) is 2.10. The first-order valence-electron chi connectivity index (χ1n) is 10.4. The summed E-state index contributed by atoms with van der Waals surface area (Å²) in [5, 5.41) is 25.2. The Morgan fingerprint density at radius 1 is 1.09 bits per heavy atom. The first kappa shape index (κ1) is 24.0. The van der Waals surface area contributed by atoms with E-state index in [9.17, 15) is 24.6 Å². The summed E-state index contributed by atoms with van der Waals surface area (Å²) in [7, 11) is 0. The van der Waals surface area contributed by atoms with Crippen LogP contribution in [0, 0.1) is 6.92 Å². The molecule has 3 rings (SSSR count). The molecule has 4 N–H and O–H groups in total. The van der Waals surface area contributed by atoms with E-state index in [-0.39, 0.29) is 12.3 Å². The van der Waals surface area contributed by atoms with Gasteiger partial charge in [-0.2, -0.15) is 0 Å². The zero-order chi connectivity index (χ0) is 23.5. The number of carbonyl (C=O) groups is 3. The van der Waals surface area contributed by atoms with Gasteiger partial charge in [0.1, 0.15) is 17.5 Å².